The Morgan fingerprint density at radius 1 is 1.33 bits per heavy atom. The van der Waals surface area contributed by atoms with Crippen LogP contribution in [0.25, 0.3) is 0 Å². The molecule has 0 aliphatic carbocycles. The largest absolute Gasteiger partial charge is 0.393 e. The molecule has 0 unspecified atom stereocenters. The van der Waals surface area contributed by atoms with Crippen LogP contribution in [0.2, 0.25) is 0 Å². The average molecular weight is 309 g/mol. The molecule has 1 aromatic heterocycles. The summed E-state index contributed by atoms with van der Waals surface area (Å²) in [6, 6.07) is 3.50. The zero-order valence-corrected chi connectivity index (χ0v) is 13.9. The van der Waals surface area contributed by atoms with Gasteiger partial charge in [-0.05, 0) is 18.1 Å². The lowest BCUT2D eigenvalue weighted by atomic mass is 10.2. The summed E-state index contributed by atoms with van der Waals surface area (Å²) in [5.74, 6) is 1.05. The van der Waals surface area contributed by atoms with Crippen molar-refractivity contribution in [2.24, 2.45) is 11.7 Å². The first-order valence-corrected chi connectivity index (χ1v) is 7.30. The Morgan fingerprint density at radius 3 is 2.43 bits per heavy atom. The Bertz CT molecular complexity index is 487. The minimum absolute atomic E-state index is 0.160. The predicted molar refractivity (Wildman–Crippen MR) is 88.5 cm³/mol. The summed E-state index contributed by atoms with van der Waals surface area (Å²) >= 11 is 4.93. The van der Waals surface area contributed by atoms with Crippen LogP contribution in [0.3, 0.4) is 0 Å². The SMILES string of the molecule is CC(C)CN(CCC(N)=S)c1ccc(C(=O)N(C)C)nn1. The first kappa shape index (κ1) is 17.3. The fraction of sp³-hybridized carbons (Fsp3) is 0.571. The summed E-state index contributed by atoms with van der Waals surface area (Å²) in [6.07, 6.45) is 0.627. The molecule has 0 saturated heterocycles. The number of carbonyl (C=O) groups excluding carboxylic acids is 1. The molecule has 0 atom stereocenters. The van der Waals surface area contributed by atoms with E-state index < -0.39 is 0 Å². The zero-order chi connectivity index (χ0) is 16.0. The molecule has 1 aromatic rings. The summed E-state index contributed by atoms with van der Waals surface area (Å²) in [6.45, 7) is 5.79. The van der Waals surface area contributed by atoms with E-state index in [4.69, 9.17) is 18.0 Å². The molecule has 21 heavy (non-hydrogen) atoms. The van der Waals surface area contributed by atoms with Crippen LogP contribution in [-0.2, 0) is 0 Å². The molecule has 0 spiro atoms. The number of hydrogen-bond donors (Lipinski definition) is 1. The first-order valence-electron chi connectivity index (χ1n) is 6.90. The predicted octanol–water partition coefficient (Wildman–Crippen LogP) is 1.32. The third-order valence-electron chi connectivity index (χ3n) is 2.81. The highest BCUT2D eigenvalue weighted by Crippen LogP contribution is 2.13. The van der Waals surface area contributed by atoms with Gasteiger partial charge in [-0.2, -0.15) is 0 Å². The van der Waals surface area contributed by atoms with Crippen molar-refractivity contribution in [2.45, 2.75) is 20.3 Å². The lowest BCUT2D eigenvalue weighted by Gasteiger charge is -2.25. The van der Waals surface area contributed by atoms with Crippen LogP contribution in [0, 0.1) is 5.92 Å². The van der Waals surface area contributed by atoms with Gasteiger partial charge in [0.2, 0.25) is 0 Å². The Morgan fingerprint density at radius 2 is 2.00 bits per heavy atom. The number of amides is 1. The molecule has 0 radical (unpaired) electrons. The quantitative estimate of drug-likeness (QED) is 0.766. The Balaban J connectivity index is 2.87. The first-order chi connectivity index (χ1) is 9.81. The van der Waals surface area contributed by atoms with Gasteiger partial charge in [-0.3, -0.25) is 4.79 Å². The molecule has 0 aliphatic rings. The standard InChI is InChI=1S/C14H23N5OS/c1-10(2)9-19(8-7-12(15)21)13-6-5-11(16-17-13)14(20)18(3)4/h5-6,10H,7-9H2,1-4H3,(H2,15,21). The van der Waals surface area contributed by atoms with Crippen LogP contribution < -0.4 is 10.6 Å². The average Bonchev–Trinajstić information content (AvgIpc) is 2.42. The third kappa shape index (κ3) is 5.63. The van der Waals surface area contributed by atoms with E-state index in [2.05, 4.69) is 28.9 Å². The highest BCUT2D eigenvalue weighted by Gasteiger charge is 2.14. The number of hydrogen-bond acceptors (Lipinski definition) is 5. The lowest BCUT2D eigenvalue weighted by molar-refractivity contribution is 0.0821. The summed E-state index contributed by atoms with van der Waals surface area (Å²) < 4.78 is 0. The van der Waals surface area contributed by atoms with Gasteiger partial charge in [-0.15, -0.1) is 10.2 Å². The molecule has 0 fully saturated rings. The van der Waals surface area contributed by atoms with Crippen LogP contribution in [-0.4, -0.2) is 53.2 Å². The summed E-state index contributed by atoms with van der Waals surface area (Å²) in [4.78, 5) is 15.8. The third-order valence-corrected chi connectivity index (χ3v) is 3.02. The van der Waals surface area contributed by atoms with E-state index in [1.54, 1.807) is 20.2 Å². The zero-order valence-electron chi connectivity index (χ0n) is 13.0. The van der Waals surface area contributed by atoms with E-state index >= 15 is 0 Å². The van der Waals surface area contributed by atoms with Gasteiger partial charge in [0.15, 0.2) is 11.5 Å². The molecular weight excluding hydrogens is 286 g/mol. The second-order valence-electron chi connectivity index (χ2n) is 5.53. The highest BCUT2D eigenvalue weighted by atomic mass is 32.1. The molecule has 0 saturated carbocycles. The minimum Gasteiger partial charge on any atom is -0.393 e. The van der Waals surface area contributed by atoms with Crippen LogP contribution in [0.15, 0.2) is 12.1 Å². The number of aromatic nitrogens is 2. The smallest absolute Gasteiger partial charge is 0.273 e. The van der Waals surface area contributed by atoms with Crippen molar-refractivity contribution in [3.63, 3.8) is 0 Å². The Hall–Kier alpha value is -1.76. The Kier molecular flexibility index (Phi) is 6.48. The molecule has 1 amide bonds. The van der Waals surface area contributed by atoms with E-state index in [0.717, 1.165) is 12.4 Å². The molecule has 0 bridgehead atoms. The second-order valence-corrected chi connectivity index (χ2v) is 6.06. The maximum Gasteiger partial charge on any atom is 0.273 e. The fourth-order valence-corrected chi connectivity index (χ4v) is 1.91. The van der Waals surface area contributed by atoms with Gasteiger partial charge in [0.05, 0.1) is 4.99 Å². The van der Waals surface area contributed by atoms with Gasteiger partial charge in [0.1, 0.15) is 0 Å². The van der Waals surface area contributed by atoms with Gasteiger partial charge in [0.25, 0.3) is 5.91 Å². The highest BCUT2D eigenvalue weighted by molar-refractivity contribution is 7.80. The molecule has 2 N–H and O–H groups in total. The van der Waals surface area contributed by atoms with Gasteiger partial charge in [0, 0.05) is 33.6 Å². The monoisotopic (exact) mass is 309 g/mol. The van der Waals surface area contributed by atoms with E-state index in [1.807, 2.05) is 6.07 Å². The molecule has 0 aliphatic heterocycles. The minimum atomic E-state index is -0.160. The number of nitrogens with two attached hydrogens (primary N) is 1. The van der Waals surface area contributed by atoms with Crippen molar-refractivity contribution in [1.29, 1.82) is 0 Å². The lowest BCUT2D eigenvalue weighted by Crippen LogP contribution is -2.32. The summed E-state index contributed by atoms with van der Waals surface area (Å²) in [5, 5.41) is 8.17. The number of anilines is 1. The molecule has 1 rings (SSSR count). The van der Waals surface area contributed by atoms with E-state index in [9.17, 15) is 4.79 Å². The fourth-order valence-electron chi connectivity index (χ4n) is 1.82. The van der Waals surface area contributed by atoms with Crippen LogP contribution >= 0.6 is 12.2 Å². The van der Waals surface area contributed by atoms with Crippen molar-refractivity contribution < 1.29 is 4.79 Å². The topological polar surface area (TPSA) is 75.3 Å². The van der Waals surface area contributed by atoms with Gasteiger partial charge in [-0.1, -0.05) is 26.1 Å². The number of rotatable bonds is 7. The summed E-state index contributed by atoms with van der Waals surface area (Å²) in [7, 11) is 3.37. The molecule has 116 valence electrons. The van der Waals surface area contributed by atoms with E-state index in [0.29, 0.717) is 29.6 Å². The molecule has 0 aromatic carbocycles. The van der Waals surface area contributed by atoms with Crippen molar-refractivity contribution in [3.8, 4) is 0 Å². The summed E-state index contributed by atoms with van der Waals surface area (Å²) in [5.41, 5.74) is 5.90. The normalized spacial score (nSPS) is 10.5. The van der Waals surface area contributed by atoms with Gasteiger partial charge in [-0.25, -0.2) is 0 Å². The van der Waals surface area contributed by atoms with Crippen molar-refractivity contribution in [1.82, 2.24) is 15.1 Å². The van der Waals surface area contributed by atoms with Crippen LogP contribution in [0.5, 0.6) is 0 Å². The molecule has 1 heterocycles. The maximum absolute atomic E-state index is 11.8. The van der Waals surface area contributed by atoms with Crippen molar-refractivity contribution in [2.75, 3.05) is 32.1 Å². The second kappa shape index (κ2) is 7.87. The number of nitrogens with zero attached hydrogens (tertiary/aromatic N) is 4. The molecule has 6 nitrogen and oxygen atoms in total. The van der Waals surface area contributed by atoms with Crippen molar-refractivity contribution >= 4 is 28.9 Å². The number of carbonyl (C=O) groups is 1. The van der Waals surface area contributed by atoms with Gasteiger partial charge >= 0.3 is 0 Å². The van der Waals surface area contributed by atoms with Gasteiger partial charge < -0.3 is 15.5 Å². The van der Waals surface area contributed by atoms with E-state index in [-0.39, 0.29) is 5.91 Å². The van der Waals surface area contributed by atoms with Crippen molar-refractivity contribution in [3.05, 3.63) is 17.8 Å². The van der Waals surface area contributed by atoms with Crippen LogP contribution in [0.4, 0.5) is 5.82 Å². The van der Waals surface area contributed by atoms with E-state index in [1.165, 1.54) is 4.90 Å². The van der Waals surface area contributed by atoms with Crippen LogP contribution in [0.1, 0.15) is 30.8 Å². The molecular formula is C14H23N5OS. The maximum atomic E-state index is 11.8. The number of thiocarbonyl (C=S) groups is 1. The Labute approximate surface area is 131 Å². The molecule has 7 heteroatoms.